The van der Waals surface area contributed by atoms with Crippen LogP contribution in [0.2, 0.25) is 5.02 Å². The maximum atomic E-state index is 12.8. The van der Waals surface area contributed by atoms with Crippen LogP contribution in [-0.4, -0.2) is 49.2 Å². The molecule has 1 aromatic heterocycles. The third-order valence-corrected chi connectivity index (χ3v) is 5.70. The van der Waals surface area contributed by atoms with Crippen LogP contribution in [0.1, 0.15) is 42.5 Å². The van der Waals surface area contributed by atoms with Crippen LogP contribution in [0.15, 0.2) is 46.1 Å². The first-order chi connectivity index (χ1) is 14.7. The lowest BCUT2D eigenvalue weighted by molar-refractivity contribution is 0.00526. The number of amides is 1. The summed E-state index contributed by atoms with van der Waals surface area (Å²) in [7, 11) is 0. The molecule has 0 radical (unpaired) electrons. The number of nitrogens with one attached hydrogen (secondary N) is 1. The Labute approximate surface area is 183 Å². The van der Waals surface area contributed by atoms with Gasteiger partial charge in [0, 0.05) is 6.54 Å². The minimum atomic E-state index is -0.929. The summed E-state index contributed by atoms with van der Waals surface area (Å²) in [5, 5.41) is 26.5. The fourth-order valence-corrected chi connectivity index (χ4v) is 3.78. The molecule has 3 rings (SSSR count). The lowest BCUT2D eigenvalue weighted by atomic mass is 9.85. The average Bonchev–Trinajstić information content (AvgIpc) is 2.76. The van der Waals surface area contributed by atoms with E-state index in [0.717, 1.165) is 34.7 Å². The van der Waals surface area contributed by atoms with Gasteiger partial charge in [0.2, 0.25) is 0 Å². The van der Waals surface area contributed by atoms with Gasteiger partial charge in [0.05, 0.1) is 35.0 Å². The Morgan fingerprint density at radius 1 is 1.26 bits per heavy atom. The molecular formula is C21H25ClN4O5. The van der Waals surface area contributed by atoms with Crippen LogP contribution in [0.5, 0.6) is 0 Å². The van der Waals surface area contributed by atoms with Crippen LogP contribution in [0.3, 0.4) is 0 Å². The summed E-state index contributed by atoms with van der Waals surface area (Å²) in [5.74, 6) is -0.485. The van der Waals surface area contributed by atoms with Gasteiger partial charge in [-0.1, -0.05) is 37.4 Å². The zero-order valence-electron chi connectivity index (χ0n) is 17.0. The minimum absolute atomic E-state index is 0.110. The summed E-state index contributed by atoms with van der Waals surface area (Å²) in [6.45, 7) is 3.18. The second kappa shape index (κ2) is 9.59. The van der Waals surface area contributed by atoms with Crippen molar-refractivity contribution in [3.8, 4) is 5.69 Å². The number of aliphatic hydroxyl groups is 2. The molecule has 0 bridgehead atoms. The number of nitrogens with zero attached hydrogens (tertiary/aromatic N) is 3. The number of halogens is 1. The summed E-state index contributed by atoms with van der Waals surface area (Å²) < 4.78 is 1.85. The summed E-state index contributed by atoms with van der Waals surface area (Å²) in [4.78, 5) is 37.5. The predicted octanol–water partition coefficient (Wildman–Crippen LogP) is 1.02. The van der Waals surface area contributed by atoms with Gasteiger partial charge in [-0.15, -0.1) is 0 Å². The van der Waals surface area contributed by atoms with E-state index in [0.29, 0.717) is 12.8 Å². The molecule has 0 saturated heterocycles. The largest absolute Gasteiger partial charge is 0.392 e. The van der Waals surface area contributed by atoms with Crippen LogP contribution < -0.4 is 16.6 Å². The van der Waals surface area contributed by atoms with Crippen molar-refractivity contribution in [3.05, 3.63) is 68.0 Å². The smallest absolute Gasteiger partial charge is 0.352 e. The number of hydrogen-bond donors (Lipinski definition) is 3. The van der Waals surface area contributed by atoms with E-state index in [2.05, 4.69) is 17.0 Å². The molecule has 166 valence electrons. The maximum absolute atomic E-state index is 12.8. The van der Waals surface area contributed by atoms with Gasteiger partial charge in [0.1, 0.15) is 6.20 Å². The summed E-state index contributed by atoms with van der Waals surface area (Å²) in [5.41, 5.74) is -1.67. The summed E-state index contributed by atoms with van der Waals surface area (Å²) >= 11 is 6.19. The fourth-order valence-electron chi connectivity index (χ4n) is 3.58. The number of hydrogen-bond acceptors (Lipinski definition) is 6. The molecule has 0 spiro atoms. The standard InChI is InChI=1S/C21H25ClN4O5/c1-14(12-27)11-25-18(28)10-24-26(20(25)30)15-5-6-17(22)16(9-15)19(29)23-13-21(31)7-3-2-4-8-21/h5-6,9-10,27,31H,1-4,7-8,11-13H2,(H,23,29). The van der Waals surface area contributed by atoms with Gasteiger partial charge in [-0.05, 0) is 36.6 Å². The van der Waals surface area contributed by atoms with Crippen molar-refractivity contribution in [2.75, 3.05) is 13.2 Å². The van der Waals surface area contributed by atoms with Crippen LogP contribution in [0, 0.1) is 0 Å². The molecule has 31 heavy (non-hydrogen) atoms. The van der Waals surface area contributed by atoms with E-state index in [-0.39, 0.29) is 41.5 Å². The number of rotatable bonds is 7. The third-order valence-electron chi connectivity index (χ3n) is 5.37. The SMILES string of the molecule is C=C(CO)Cn1c(=O)cnn(-c2ccc(Cl)c(C(=O)NCC3(O)CCCCC3)c2)c1=O. The van der Waals surface area contributed by atoms with Gasteiger partial charge in [-0.25, -0.2) is 4.79 Å². The average molecular weight is 449 g/mol. The van der Waals surface area contributed by atoms with Gasteiger partial charge in [-0.2, -0.15) is 9.78 Å². The third kappa shape index (κ3) is 5.30. The Kier molecular flexibility index (Phi) is 7.09. The van der Waals surface area contributed by atoms with Crippen molar-refractivity contribution < 1.29 is 15.0 Å². The van der Waals surface area contributed by atoms with Crippen molar-refractivity contribution in [1.29, 1.82) is 0 Å². The van der Waals surface area contributed by atoms with Crippen molar-refractivity contribution in [3.63, 3.8) is 0 Å². The van der Waals surface area contributed by atoms with Gasteiger partial charge in [-0.3, -0.25) is 14.2 Å². The molecule has 1 fully saturated rings. The van der Waals surface area contributed by atoms with Crippen LogP contribution in [0.25, 0.3) is 5.69 Å². The molecule has 3 N–H and O–H groups in total. The number of aliphatic hydroxyl groups excluding tert-OH is 1. The Bertz CT molecular complexity index is 1100. The van der Waals surface area contributed by atoms with E-state index in [1.165, 1.54) is 18.2 Å². The molecule has 1 aliphatic rings. The molecule has 1 aliphatic carbocycles. The highest BCUT2D eigenvalue weighted by Gasteiger charge is 2.29. The topological polar surface area (TPSA) is 126 Å². The molecule has 1 amide bonds. The Hall–Kier alpha value is -2.75. The van der Waals surface area contributed by atoms with E-state index in [9.17, 15) is 19.5 Å². The normalized spacial score (nSPS) is 15.5. The Morgan fingerprint density at radius 3 is 2.65 bits per heavy atom. The molecular weight excluding hydrogens is 424 g/mol. The molecule has 1 heterocycles. The highest BCUT2D eigenvalue weighted by molar-refractivity contribution is 6.33. The van der Waals surface area contributed by atoms with Crippen molar-refractivity contribution in [2.45, 2.75) is 44.2 Å². The number of carbonyl (C=O) groups excluding carboxylic acids is 1. The van der Waals surface area contributed by atoms with Gasteiger partial charge < -0.3 is 15.5 Å². The number of benzene rings is 1. The molecule has 10 heteroatoms. The lowest BCUT2D eigenvalue weighted by Crippen LogP contribution is -2.44. The molecule has 0 atom stereocenters. The van der Waals surface area contributed by atoms with Crippen molar-refractivity contribution in [1.82, 2.24) is 19.7 Å². The highest BCUT2D eigenvalue weighted by atomic mass is 35.5. The van der Waals surface area contributed by atoms with Gasteiger partial charge in [0.15, 0.2) is 0 Å². The highest BCUT2D eigenvalue weighted by Crippen LogP contribution is 2.27. The first-order valence-corrected chi connectivity index (χ1v) is 10.4. The second-order valence-electron chi connectivity index (χ2n) is 7.80. The van der Waals surface area contributed by atoms with Crippen LogP contribution in [0.4, 0.5) is 0 Å². The molecule has 9 nitrogen and oxygen atoms in total. The van der Waals surface area contributed by atoms with E-state index in [1.54, 1.807) is 0 Å². The number of carbonyl (C=O) groups is 1. The van der Waals surface area contributed by atoms with Crippen molar-refractivity contribution in [2.24, 2.45) is 0 Å². The first-order valence-electron chi connectivity index (χ1n) is 10.0. The quantitative estimate of drug-likeness (QED) is 0.543. The molecule has 1 saturated carbocycles. The maximum Gasteiger partial charge on any atom is 0.352 e. The van der Waals surface area contributed by atoms with E-state index in [4.69, 9.17) is 16.7 Å². The van der Waals surface area contributed by atoms with E-state index in [1.807, 2.05) is 0 Å². The van der Waals surface area contributed by atoms with Crippen molar-refractivity contribution >= 4 is 17.5 Å². The predicted molar refractivity (Wildman–Crippen MR) is 116 cm³/mol. The van der Waals surface area contributed by atoms with Crippen LogP contribution in [-0.2, 0) is 6.54 Å². The molecule has 0 unspecified atom stereocenters. The van der Waals surface area contributed by atoms with E-state index < -0.39 is 22.8 Å². The fraction of sp³-hybridized carbons (Fsp3) is 0.429. The Balaban J connectivity index is 1.88. The second-order valence-corrected chi connectivity index (χ2v) is 8.21. The Morgan fingerprint density at radius 2 is 1.97 bits per heavy atom. The lowest BCUT2D eigenvalue weighted by Gasteiger charge is -2.32. The minimum Gasteiger partial charge on any atom is -0.392 e. The van der Waals surface area contributed by atoms with Crippen LogP contribution >= 0.6 is 11.6 Å². The zero-order valence-corrected chi connectivity index (χ0v) is 17.8. The summed E-state index contributed by atoms with van der Waals surface area (Å²) in [6.07, 6.45) is 5.12. The first kappa shape index (κ1) is 22.9. The van der Waals surface area contributed by atoms with E-state index >= 15 is 0 Å². The molecule has 0 aliphatic heterocycles. The van der Waals surface area contributed by atoms with Gasteiger partial charge in [0.25, 0.3) is 11.5 Å². The molecule has 1 aromatic carbocycles. The number of aromatic nitrogens is 3. The van der Waals surface area contributed by atoms with Gasteiger partial charge >= 0.3 is 5.69 Å². The summed E-state index contributed by atoms with van der Waals surface area (Å²) in [6, 6.07) is 4.35. The monoisotopic (exact) mass is 448 g/mol. The molecule has 2 aromatic rings. The zero-order chi connectivity index (χ0) is 22.6.